The van der Waals surface area contributed by atoms with Gasteiger partial charge in [-0.25, -0.2) is 0 Å². The Kier molecular flexibility index (Phi) is 4.47. The van der Waals surface area contributed by atoms with Gasteiger partial charge >= 0.3 is 0 Å². The molecule has 3 rings (SSSR count). The third kappa shape index (κ3) is 3.16. The molecule has 3 N–H and O–H groups in total. The molecule has 2 saturated carbocycles. The summed E-state index contributed by atoms with van der Waals surface area (Å²) in [6.07, 6.45) is 6.14. The van der Waals surface area contributed by atoms with E-state index in [1.807, 2.05) is 0 Å². The summed E-state index contributed by atoms with van der Waals surface area (Å²) in [7, 11) is 0. The Morgan fingerprint density at radius 2 is 1.73 bits per heavy atom. The number of amides is 3. The van der Waals surface area contributed by atoms with E-state index < -0.39 is 0 Å². The van der Waals surface area contributed by atoms with E-state index >= 15 is 0 Å². The summed E-state index contributed by atoms with van der Waals surface area (Å²) in [5, 5.41) is 2.81. The second-order valence-corrected chi connectivity index (χ2v) is 6.88. The molecule has 1 aliphatic heterocycles. The van der Waals surface area contributed by atoms with Crippen LogP contribution in [0.25, 0.3) is 0 Å². The molecule has 3 aliphatic rings. The zero-order valence-corrected chi connectivity index (χ0v) is 12.9. The minimum atomic E-state index is -0.133. The molecule has 3 amide bonds. The van der Waals surface area contributed by atoms with Crippen LogP contribution in [-0.4, -0.2) is 41.8 Å². The first-order valence-corrected chi connectivity index (χ1v) is 8.45. The standard InChI is InChI=1S/C16H25N3O3/c17-13(10-5-6-10)9-18-14(20)7-8-19-15(21)11-3-1-2-4-12(11)16(19)22/h10-13H,1-9,17H2,(H,18,20). The lowest BCUT2D eigenvalue weighted by Gasteiger charge is -2.19. The highest BCUT2D eigenvalue weighted by Crippen LogP contribution is 2.38. The van der Waals surface area contributed by atoms with E-state index in [4.69, 9.17) is 5.73 Å². The maximum Gasteiger partial charge on any atom is 0.233 e. The van der Waals surface area contributed by atoms with Gasteiger partial charge in [-0.2, -0.15) is 0 Å². The van der Waals surface area contributed by atoms with Crippen LogP contribution in [-0.2, 0) is 14.4 Å². The molecular formula is C16H25N3O3. The number of hydrogen-bond acceptors (Lipinski definition) is 4. The minimum Gasteiger partial charge on any atom is -0.354 e. The predicted octanol–water partition coefficient (Wildman–Crippen LogP) is 0.405. The largest absolute Gasteiger partial charge is 0.354 e. The molecule has 3 atom stereocenters. The molecule has 0 spiro atoms. The predicted molar refractivity (Wildman–Crippen MR) is 80.5 cm³/mol. The van der Waals surface area contributed by atoms with E-state index in [0.717, 1.165) is 38.5 Å². The van der Waals surface area contributed by atoms with Gasteiger partial charge < -0.3 is 11.1 Å². The Labute approximate surface area is 130 Å². The number of carbonyl (C=O) groups is 3. The van der Waals surface area contributed by atoms with Crippen molar-refractivity contribution < 1.29 is 14.4 Å². The van der Waals surface area contributed by atoms with E-state index in [0.29, 0.717) is 12.5 Å². The summed E-state index contributed by atoms with van der Waals surface area (Å²) in [6, 6.07) is 0.0295. The number of hydrogen-bond donors (Lipinski definition) is 2. The van der Waals surface area contributed by atoms with Gasteiger partial charge in [-0.3, -0.25) is 19.3 Å². The van der Waals surface area contributed by atoms with Crippen LogP contribution >= 0.6 is 0 Å². The van der Waals surface area contributed by atoms with Crippen LogP contribution in [0.5, 0.6) is 0 Å². The molecule has 122 valence electrons. The highest BCUT2D eigenvalue weighted by atomic mass is 16.2. The molecule has 3 fully saturated rings. The number of rotatable bonds is 6. The molecule has 0 aromatic carbocycles. The van der Waals surface area contributed by atoms with Crippen molar-refractivity contribution in [1.29, 1.82) is 0 Å². The number of fused-ring (bicyclic) bond motifs is 1. The van der Waals surface area contributed by atoms with Gasteiger partial charge in [0.15, 0.2) is 0 Å². The third-order valence-electron chi connectivity index (χ3n) is 5.26. The fraction of sp³-hybridized carbons (Fsp3) is 0.812. The van der Waals surface area contributed by atoms with Gasteiger partial charge in [-0.1, -0.05) is 12.8 Å². The molecule has 0 aromatic heterocycles. The average Bonchev–Trinajstić information content (AvgIpc) is 3.34. The van der Waals surface area contributed by atoms with Crippen LogP contribution in [0.3, 0.4) is 0 Å². The number of likely N-dealkylation sites (tertiary alicyclic amines) is 1. The normalized spacial score (nSPS) is 29.4. The fourth-order valence-corrected chi connectivity index (χ4v) is 3.68. The summed E-state index contributed by atoms with van der Waals surface area (Å²) in [4.78, 5) is 37.7. The number of carbonyl (C=O) groups excluding carboxylic acids is 3. The zero-order chi connectivity index (χ0) is 15.7. The molecule has 22 heavy (non-hydrogen) atoms. The molecule has 1 saturated heterocycles. The Morgan fingerprint density at radius 1 is 1.14 bits per heavy atom. The van der Waals surface area contributed by atoms with Crippen LogP contribution < -0.4 is 11.1 Å². The van der Waals surface area contributed by atoms with Crippen molar-refractivity contribution in [3.8, 4) is 0 Å². The minimum absolute atomic E-state index is 0.0295. The Morgan fingerprint density at radius 3 is 2.27 bits per heavy atom. The average molecular weight is 307 g/mol. The fourth-order valence-electron chi connectivity index (χ4n) is 3.68. The maximum atomic E-state index is 12.3. The molecular weight excluding hydrogens is 282 g/mol. The van der Waals surface area contributed by atoms with Gasteiger partial charge in [0.2, 0.25) is 17.7 Å². The second kappa shape index (κ2) is 6.36. The van der Waals surface area contributed by atoms with Gasteiger partial charge in [-0.05, 0) is 31.6 Å². The van der Waals surface area contributed by atoms with E-state index in [1.54, 1.807) is 0 Å². The highest BCUT2D eigenvalue weighted by Gasteiger charge is 2.47. The summed E-state index contributed by atoms with van der Waals surface area (Å²) in [5.41, 5.74) is 5.94. The first-order chi connectivity index (χ1) is 10.6. The Bertz CT molecular complexity index is 451. The Balaban J connectivity index is 1.45. The van der Waals surface area contributed by atoms with Crippen molar-refractivity contribution in [2.45, 2.75) is 51.0 Å². The summed E-state index contributed by atoms with van der Waals surface area (Å²) < 4.78 is 0. The molecule has 0 bridgehead atoms. The number of nitrogens with zero attached hydrogens (tertiary/aromatic N) is 1. The summed E-state index contributed by atoms with van der Waals surface area (Å²) in [5.74, 6) is 0.00583. The summed E-state index contributed by atoms with van der Waals surface area (Å²) >= 11 is 0. The topological polar surface area (TPSA) is 92.5 Å². The number of imide groups is 1. The molecule has 6 nitrogen and oxygen atoms in total. The van der Waals surface area contributed by atoms with E-state index in [9.17, 15) is 14.4 Å². The molecule has 1 heterocycles. The van der Waals surface area contributed by atoms with Gasteiger partial charge in [0.25, 0.3) is 0 Å². The third-order valence-corrected chi connectivity index (χ3v) is 5.26. The first kappa shape index (κ1) is 15.5. The van der Waals surface area contributed by atoms with Crippen molar-refractivity contribution in [1.82, 2.24) is 10.2 Å². The van der Waals surface area contributed by atoms with Crippen LogP contribution in [0.15, 0.2) is 0 Å². The molecule has 2 aliphatic carbocycles. The van der Waals surface area contributed by atoms with Crippen LogP contribution in [0, 0.1) is 17.8 Å². The van der Waals surface area contributed by atoms with Gasteiger partial charge in [0.05, 0.1) is 11.8 Å². The van der Waals surface area contributed by atoms with E-state index in [2.05, 4.69) is 5.32 Å². The van der Waals surface area contributed by atoms with E-state index in [1.165, 1.54) is 4.90 Å². The van der Waals surface area contributed by atoms with Crippen molar-refractivity contribution in [2.75, 3.05) is 13.1 Å². The number of nitrogens with one attached hydrogen (secondary N) is 1. The lowest BCUT2D eigenvalue weighted by Crippen LogP contribution is -2.40. The first-order valence-electron chi connectivity index (χ1n) is 8.45. The lowest BCUT2D eigenvalue weighted by atomic mass is 9.81. The van der Waals surface area contributed by atoms with Crippen molar-refractivity contribution in [2.24, 2.45) is 23.5 Å². The van der Waals surface area contributed by atoms with Gasteiger partial charge in [-0.15, -0.1) is 0 Å². The van der Waals surface area contributed by atoms with Crippen molar-refractivity contribution in [3.63, 3.8) is 0 Å². The number of nitrogens with two attached hydrogens (primary N) is 1. The summed E-state index contributed by atoms with van der Waals surface area (Å²) in [6.45, 7) is 0.686. The van der Waals surface area contributed by atoms with Crippen LogP contribution in [0.4, 0.5) is 0 Å². The van der Waals surface area contributed by atoms with Gasteiger partial charge in [0.1, 0.15) is 0 Å². The zero-order valence-electron chi connectivity index (χ0n) is 12.9. The van der Waals surface area contributed by atoms with Gasteiger partial charge in [0, 0.05) is 25.6 Å². The quantitative estimate of drug-likeness (QED) is 0.695. The van der Waals surface area contributed by atoms with Crippen LogP contribution in [0.1, 0.15) is 44.9 Å². The maximum absolute atomic E-state index is 12.3. The SMILES string of the molecule is NC(CNC(=O)CCN1C(=O)C2CCCCC2C1=O)C1CC1. The van der Waals surface area contributed by atoms with Crippen molar-refractivity contribution >= 4 is 17.7 Å². The monoisotopic (exact) mass is 307 g/mol. The van der Waals surface area contributed by atoms with Crippen LogP contribution in [0.2, 0.25) is 0 Å². The smallest absolute Gasteiger partial charge is 0.233 e. The lowest BCUT2D eigenvalue weighted by molar-refractivity contribution is -0.140. The molecule has 0 aromatic rings. The molecule has 3 unspecified atom stereocenters. The second-order valence-electron chi connectivity index (χ2n) is 6.88. The molecule has 0 radical (unpaired) electrons. The highest BCUT2D eigenvalue weighted by molar-refractivity contribution is 6.05. The molecule has 6 heteroatoms. The van der Waals surface area contributed by atoms with Crippen molar-refractivity contribution in [3.05, 3.63) is 0 Å². The Hall–Kier alpha value is -1.43. The van der Waals surface area contributed by atoms with E-state index in [-0.39, 0.29) is 48.6 Å².